The van der Waals surface area contributed by atoms with E-state index in [-0.39, 0.29) is 17.6 Å². The summed E-state index contributed by atoms with van der Waals surface area (Å²) in [4.78, 5) is 22.2. The lowest BCUT2D eigenvalue weighted by molar-refractivity contribution is -0.384. The highest BCUT2D eigenvalue weighted by Crippen LogP contribution is 2.24. The van der Waals surface area contributed by atoms with Crippen molar-refractivity contribution in [3.8, 4) is 5.75 Å². The molecular formula is C18H18N2O4. The minimum Gasteiger partial charge on any atom is -0.496 e. The second kappa shape index (κ2) is 7.92. The number of methoxy groups -OCH3 is 1. The van der Waals surface area contributed by atoms with Gasteiger partial charge in [0.15, 0.2) is 0 Å². The number of nitrogens with one attached hydrogen (secondary N) is 1. The van der Waals surface area contributed by atoms with Crippen molar-refractivity contribution in [3.05, 3.63) is 75.8 Å². The first kappa shape index (κ1) is 17.2. The summed E-state index contributed by atoms with van der Waals surface area (Å²) < 4.78 is 5.28. The summed E-state index contributed by atoms with van der Waals surface area (Å²) >= 11 is 0. The average Bonchev–Trinajstić information content (AvgIpc) is 2.60. The van der Waals surface area contributed by atoms with Crippen LogP contribution in [0.4, 0.5) is 5.69 Å². The van der Waals surface area contributed by atoms with Gasteiger partial charge in [0.1, 0.15) is 5.75 Å². The molecule has 0 radical (unpaired) electrons. The Bertz CT molecular complexity index is 754. The summed E-state index contributed by atoms with van der Waals surface area (Å²) in [5.74, 6) is 0.455. The zero-order chi connectivity index (χ0) is 17.5. The number of benzene rings is 2. The van der Waals surface area contributed by atoms with E-state index >= 15 is 0 Å². The Kier molecular flexibility index (Phi) is 5.68. The molecule has 0 heterocycles. The first-order valence-corrected chi connectivity index (χ1v) is 7.37. The third-order valence-corrected chi connectivity index (χ3v) is 3.50. The summed E-state index contributed by atoms with van der Waals surface area (Å²) in [6.07, 6.45) is 3.00. The number of nitro benzene ring substituents is 1. The molecule has 0 saturated heterocycles. The van der Waals surface area contributed by atoms with E-state index in [1.807, 2.05) is 31.2 Å². The molecule has 2 aromatic rings. The number of hydrogen-bond acceptors (Lipinski definition) is 4. The highest BCUT2D eigenvalue weighted by atomic mass is 16.6. The monoisotopic (exact) mass is 326 g/mol. The molecule has 1 amide bonds. The summed E-state index contributed by atoms with van der Waals surface area (Å²) in [7, 11) is 1.59. The van der Waals surface area contributed by atoms with Crippen LogP contribution in [0.15, 0.2) is 54.6 Å². The largest absolute Gasteiger partial charge is 0.496 e. The van der Waals surface area contributed by atoms with Crippen molar-refractivity contribution >= 4 is 17.7 Å². The second-order valence-corrected chi connectivity index (χ2v) is 5.15. The van der Waals surface area contributed by atoms with Gasteiger partial charge in [-0.15, -0.1) is 0 Å². The van der Waals surface area contributed by atoms with E-state index in [1.54, 1.807) is 25.3 Å². The number of ether oxygens (including phenoxy) is 1. The zero-order valence-electron chi connectivity index (χ0n) is 13.4. The standard InChI is InChI=1S/C18H18N2O4/c1-13(16-5-3-4-6-17(16)24-2)19-18(21)12-9-14-7-10-15(11-8-14)20(22)23/h3-13H,1-2H3,(H,19,21)/b12-9+/t13-/m0/s1. The fraction of sp³-hybridized carbons (Fsp3) is 0.167. The third-order valence-electron chi connectivity index (χ3n) is 3.50. The van der Waals surface area contributed by atoms with Crippen LogP contribution in [0, 0.1) is 10.1 Å². The van der Waals surface area contributed by atoms with Gasteiger partial charge in [-0.2, -0.15) is 0 Å². The van der Waals surface area contributed by atoms with E-state index in [0.29, 0.717) is 11.3 Å². The molecular weight excluding hydrogens is 308 g/mol. The van der Waals surface area contributed by atoms with Crippen molar-refractivity contribution in [2.75, 3.05) is 7.11 Å². The normalized spacial score (nSPS) is 11.9. The average molecular weight is 326 g/mol. The Hall–Kier alpha value is -3.15. The molecule has 6 heteroatoms. The highest BCUT2D eigenvalue weighted by molar-refractivity contribution is 5.92. The smallest absolute Gasteiger partial charge is 0.269 e. The zero-order valence-corrected chi connectivity index (χ0v) is 13.4. The Morgan fingerprint density at radius 3 is 2.50 bits per heavy atom. The second-order valence-electron chi connectivity index (χ2n) is 5.15. The lowest BCUT2D eigenvalue weighted by Crippen LogP contribution is -2.24. The molecule has 124 valence electrons. The Morgan fingerprint density at radius 1 is 1.21 bits per heavy atom. The summed E-state index contributed by atoms with van der Waals surface area (Å²) in [6.45, 7) is 1.87. The van der Waals surface area contributed by atoms with E-state index in [1.165, 1.54) is 18.2 Å². The highest BCUT2D eigenvalue weighted by Gasteiger charge is 2.12. The third kappa shape index (κ3) is 4.42. The number of nitro groups is 1. The fourth-order valence-electron chi connectivity index (χ4n) is 2.24. The lowest BCUT2D eigenvalue weighted by atomic mass is 10.1. The fourth-order valence-corrected chi connectivity index (χ4v) is 2.24. The van der Waals surface area contributed by atoms with Gasteiger partial charge in [-0.3, -0.25) is 14.9 Å². The van der Waals surface area contributed by atoms with Crippen molar-refractivity contribution in [3.63, 3.8) is 0 Å². The van der Waals surface area contributed by atoms with Crippen LogP contribution in [-0.2, 0) is 4.79 Å². The topological polar surface area (TPSA) is 81.5 Å². The van der Waals surface area contributed by atoms with Gasteiger partial charge in [0.05, 0.1) is 18.1 Å². The van der Waals surface area contributed by atoms with Gasteiger partial charge in [-0.25, -0.2) is 0 Å². The van der Waals surface area contributed by atoms with Crippen LogP contribution in [0.3, 0.4) is 0 Å². The molecule has 0 fully saturated rings. The van der Waals surface area contributed by atoms with Crippen molar-refractivity contribution in [2.45, 2.75) is 13.0 Å². The number of non-ortho nitro benzene ring substituents is 1. The van der Waals surface area contributed by atoms with Crippen LogP contribution >= 0.6 is 0 Å². The maximum Gasteiger partial charge on any atom is 0.269 e. The van der Waals surface area contributed by atoms with Crippen molar-refractivity contribution in [1.29, 1.82) is 0 Å². The summed E-state index contributed by atoms with van der Waals surface area (Å²) in [6, 6.07) is 13.2. The molecule has 0 saturated carbocycles. The Morgan fingerprint density at radius 2 is 1.88 bits per heavy atom. The predicted octanol–water partition coefficient (Wildman–Crippen LogP) is 3.49. The van der Waals surface area contributed by atoms with Crippen LogP contribution in [-0.4, -0.2) is 17.9 Å². The molecule has 0 bridgehead atoms. The van der Waals surface area contributed by atoms with Gasteiger partial charge in [-0.05, 0) is 36.8 Å². The Balaban J connectivity index is 2.00. The number of para-hydroxylation sites is 1. The van der Waals surface area contributed by atoms with Crippen LogP contribution in [0.5, 0.6) is 5.75 Å². The van der Waals surface area contributed by atoms with E-state index in [0.717, 1.165) is 5.56 Å². The van der Waals surface area contributed by atoms with Crippen LogP contribution in [0.25, 0.3) is 6.08 Å². The first-order chi connectivity index (χ1) is 11.5. The van der Waals surface area contributed by atoms with Gasteiger partial charge in [-0.1, -0.05) is 18.2 Å². The van der Waals surface area contributed by atoms with Crippen LogP contribution in [0.1, 0.15) is 24.1 Å². The Labute approximate surface area is 139 Å². The molecule has 1 atom stereocenters. The molecule has 0 aromatic heterocycles. The van der Waals surface area contributed by atoms with E-state index < -0.39 is 4.92 Å². The number of carbonyl (C=O) groups excluding carboxylic acids is 1. The number of amides is 1. The van der Waals surface area contributed by atoms with Gasteiger partial charge in [0.2, 0.25) is 5.91 Å². The number of hydrogen-bond donors (Lipinski definition) is 1. The number of carbonyl (C=O) groups is 1. The molecule has 0 unspecified atom stereocenters. The number of nitrogens with zero attached hydrogens (tertiary/aromatic N) is 1. The molecule has 6 nitrogen and oxygen atoms in total. The SMILES string of the molecule is COc1ccccc1[C@H](C)NC(=O)/C=C/c1ccc([N+](=O)[O-])cc1. The van der Waals surface area contributed by atoms with Crippen molar-refractivity contribution in [1.82, 2.24) is 5.32 Å². The van der Waals surface area contributed by atoms with E-state index in [2.05, 4.69) is 5.32 Å². The predicted molar refractivity (Wildman–Crippen MR) is 91.7 cm³/mol. The number of rotatable bonds is 6. The van der Waals surface area contributed by atoms with Gasteiger partial charge >= 0.3 is 0 Å². The van der Waals surface area contributed by atoms with Crippen molar-refractivity contribution in [2.24, 2.45) is 0 Å². The summed E-state index contributed by atoms with van der Waals surface area (Å²) in [5, 5.41) is 13.5. The molecule has 0 aliphatic carbocycles. The molecule has 0 aliphatic rings. The van der Waals surface area contributed by atoms with Crippen LogP contribution in [0.2, 0.25) is 0 Å². The molecule has 0 aliphatic heterocycles. The van der Waals surface area contributed by atoms with E-state index in [9.17, 15) is 14.9 Å². The first-order valence-electron chi connectivity index (χ1n) is 7.37. The maximum absolute atomic E-state index is 12.0. The lowest BCUT2D eigenvalue weighted by Gasteiger charge is -2.16. The van der Waals surface area contributed by atoms with Crippen molar-refractivity contribution < 1.29 is 14.5 Å². The molecule has 1 N–H and O–H groups in total. The van der Waals surface area contributed by atoms with E-state index in [4.69, 9.17) is 4.74 Å². The minimum absolute atomic E-state index is 0.0152. The quantitative estimate of drug-likeness (QED) is 0.500. The van der Waals surface area contributed by atoms with Gasteiger partial charge in [0, 0.05) is 23.8 Å². The van der Waals surface area contributed by atoms with Gasteiger partial charge in [0.25, 0.3) is 5.69 Å². The summed E-state index contributed by atoms with van der Waals surface area (Å²) in [5.41, 5.74) is 1.61. The minimum atomic E-state index is -0.463. The van der Waals surface area contributed by atoms with Gasteiger partial charge < -0.3 is 10.1 Å². The molecule has 24 heavy (non-hydrogen) atoms. The maximum atomic E-state index is 12.0. The van der Waals surface area contributed by atoms with Crippen LogP contribution < -0.4 is 10.1 Å². The molecule has 2 aromatic carbocycles. The molecule has 2 rings (SSSR count). The molecule has 0 spiro atoms.